The van der Waals surface area contributed by atoms with Crippen LogP contribution in [0.15, 0.2) is 89.3 Å². The lowest BCUT2D eigenvalue weighted by molar-refractivity contribution is 0.415. The first-order valence-corrected chi connectivity index (χ1v) is 9.25. The standard InChI is InChI=1S/C24H17N3O2/c1-28-18-13-11-16(12-14-18)22-15-20(19-9-5-6-10-21(19)25-22)24-27-26-23(29-24)17-7-3-2-4-8-17/h2-15H,1H3. The van der Waals surface area contributed by atoms with E-state index < -0.39 is 0 Å². The van der Waals surface area contributed by atoms with Crippen LogP contribution in [0, 0.1) is 0 Å². The Hall–Kier alpha value is -3.99. The van der Waals surface area contributed by atoms with Crippen LogP contribution in [0.4, 0.5) is 0 Å². The number of methoxy groups -OCH3 is 1. The third-order valence-corrected chi connectivity index (χ3v) is 4.78. The Morgan fingerprint density at radius 2 is 1.45 bits per heavy atom. The highest BCUT2D eigenvalue weighted by atomic mass is 16.5. The predicted molar refractivity (Wildman–Crippen MR) is 112 cm³/mol. The fourth-order valence-electron chi connectivity index (χ4n) is 3.29. The maximum atomic E-state index is 6.02. The van der Waals surface area contributed by atoms with Crippen molar-refractivity contribution in [1.29, 1.82) is 0 Å². The van der Waals surface area contributed by atoms with Crippen molar-refractivity contribution in [1.82, 2.24) is 15.2 Å². The normalized spacial score (nSPS) is 10.9. The lowest BCUT2D eigenvalue weighted by atomic mass is 10.0. The van der Waals surface area contributed by atoms with Crippen LogP contribution in [-0.2, 0) is 0 Å². The molecule has 0 spiro atoms. The number of para-hydroxylation sites is 1. The second-order valence-corrected chi connectivity index (χ2v) is 6.58. The van der Waals surface area contributed by atoms with Crippen LogP contribution in [0.1, 0.15) is 0 Å². The Bertz CT molecular complexity index is 1280. The molecule has 3 aromatic carbocycles. The van der Waals surface area contributed by atoms with Gasteiger partial charge >= 0.3 is 0 Å². The summed E-state index contributed by atoms with van der Waals surface area (Å²) in [6.45, 7) is 0. The van der Waals surface area contributed by atoms with Gasteiger partial charge in [0.1, 0.15) is 5.75 Å². The quantitative estimate of drug-likeness (QED) is 0.405. The molecule has 0 amide bonds. The maximum Gasteiger partial charge on any atom is 0.248 e. The van der Waals surface area contributed by atoms with E-state index in [-0.39, 0.29) is 0 Å². The Labute approximate surface area is 167 Å². The highest BCUT2D eigenvalue weighted by Crippen LogP contribution is 2.33. The highest BCUT2D eigenvalue weighted by molar-refractivity contribution is 5.94. The second kappa shape index (κ2) is 7.20. The number of pyridine rings is 1. The first kappa shape index (κ1) is 17.1. The van der Waals surface area contributed by atoms with Crippen LogP contribution in [-0.4, -0.2) is 22.3 Å². The molecule has 0 aliphatic carbocycles. The average molecular weight is 379 g/mol. The SMILES string of the molecule is COc1ccc(-c2cc(-c3nnc(-c4ccccc4)o3)c3ccccc3n2)cc1. The number of benzene rings is 3. The fraction of sp³-hybridized carbons (Fsp3) is 0.0417. The van der Waals surface area contributed by atoms with E-state index in [9.17, 15) is 0 Å². The molecular formula is C24H17N3O2. The van der Waals surface area contributed by atoms with Gasteiger partial charge in [-0.1, -0.05) is 36.4 Å². The number of rotatable bonds is 4. The van der Waals surface area contributed by atoms with Crippen LogP contribution in [0.3, 0.4) is 0 Å². The van der Waals surface area contributed by atoms with Crippen LogP contribution >= 0.6 is 0 Å². The van der Waals surface area contributed by atoms with Gasteiger partial charge in [0, 0.05) is 16.5 Å². The molecule has 0 bridgehead atoms. The number of hydrogen-bond donors (Lipinski definition) is 0. The summed E-state index contributed by atoms with van der Waals surface area (Å²) in [5.41, 5.74) is 4.44. The zero-order valence-corrected chi connectivity index (χ0v) is 15.7. The molecule has 0 saturated carbocycles. The van der Waals surface area contributed by atoms with Crippen molar-refractivity contribution in [2.24, 2.45) is 0 Å². The van der Waals surface area contributed by atoms with Gasteiger partial charge in [-0.15, -0.1) is 10.2 Å². The van der Waals surface area contributed by atoms with Crippen LogP contribution in [0.5, 0.6) is 5.75 Å². The minimum atomic E-state index is 0.470. The molecule has 0 radical (unpaired) electrons. The van der Waals surface area contributed by atoms with Gasteiger partial charge in [0.15, 0.2) is 0 Å². The molecule has 0 fully saturated rings. The van der Waals surface area contributed by atoms with E-state index >= 15 is 0 Å². The van der Waals surface area contributed by atoms with Crippen molar-refractivity contribution in [2.75, 3.05) is 7.11 Å². The van der Waals surface area contributed by atoms with E-state index in [0.29, 0.717) is 11.8 Å². The van der Waals surface area contributed by atoms with Gasteiger partial charge in [-0.25, -0.2) is 4.98 Å². The Balaban J connectivity index is 1.66. The Morgan fingerprint density at radius 1 is 0.724 bits per heavy atom. The number of hydrogen-bond acceptors (Lipinski definition) is 5. The number of ether oxygens (including phenoxy) is 1. The van der Waals surface area contributed by atoms with Gasteiger partial charge in [0.05, 0.1) is 23.9 Å². The van der Waals surface area contributed by atoms with E-state index in [1.165, 1.54) is 0 Å². The molecule has 0 unspecified atom stereocenters. The van der Waals surface area contributed by atoms with Crippen LogP contribution in [0.25, 0.3) is 45.1 Å². The molecule has 0 N–H and O–H groups in total. The topological polar surface area (TPSA) is 61.0 Å². The molecule has 29 heavy (non-hydrogen) atoms. The highest BCUT2D eigenvalue weighted by Gasteiger charge is 2.15. The van der Waals surface area contributed by atoms with Gasteiger partial charge in [0.2, 0.25) is 11.8 Å². The minimum Gasteiger partial charge on any atom is -0.497 e. The van der Waals surface area contributed by atoms with Crippen molar-refractivity contribution in [3.63, 3.8) is 0 Å². The van der Waals surface area contributed by atoms with E-state index in [0.717, 1.165) is 39.0 Å². The van der Waals surface area contributed by atoms with Gasteiger partial charge < -0.3 is 9.15 Å². The van der Waals surface area contributed by atoms with Gasteiger partial charge in [-0.05, 0) is 48.5 Å². The zero-order chi connectivity index (χ0) is 19.6. The van der Waals surface area contributed by atoms with Gasteiger partial charge in [0.25, 0.3) is 0 Å². The second-order valence-electron chi connectivity index (χ2n) is 6.58. The molecule has 140 valence electrons. The predicted octanol–water partition coefficient (Wildman–Crippen LogP) is 5.63. The average Bonchev–Trinajstić information content (AvgIpc) is 3.29. The number of aromatic nitrogens is 3. The monoisotopic (exact) mass is 379 g/mol. The Kier molecular flexibility index (Phi) is 4.26. The first-order valence-electron chi connectivity index (χ1n) is 9.25. The number of nitrogens with zero attached hydrogens (tertiary/aromatic N) is 3. The summed E-state index contributed by atoms with van der Waals surface area (Å²) >= 11 is 0. The lowest BCUT2D eigenvalue weighted by Gasteiger charge is -2.08. The van der Waals surface area contributed by atoms with Crippen LogP contribution in [0.2, 0.25) is 0 Å². The lowest BCUT2D eigenvalue weighted by Crippen LogP contribution is -1.90. The zero-order valence-electron chi connectivity index (χ0n) is 15.7. The van der Waals surface area contributed by atoms with Crippen molar-refractivity contribution < 1.29 is 9.15 Å². The molecule has 0 aliphatic heterocycles. The van der Waals surface area contributed by atoms with Crippen molar-refractivity contribution in [3.05, 3.63) is 84.9 Å². The van der Waals surface area contributed by atoms with Crippen molar-refractivity contribution >= 4 is 10.9 Å². The molecule has 2 aromatic heterocycles. The summed E-state index contributed by atoms with van der Waals surface area (Å²) in [4.78, 5) is 4.82. The molecule has 5 aromatic rings. The molecule has 0 atom stereocenters. The molecule has 5 nitrogen and oxygen atoms in total. The summed E-state index contributed by atoms with van der Waals surface area (Å²) in [5.74, 6) is 1.77. The van der Waals surface area contributed by atoms with Gasteiger partial charge in [-0.2, -0.15) is 0 Å². The molecule has 5 heteroatoms. The first-order chi connectivity index (χ1) is 14.3. The number of fused-ring (bicyclic) bond motifs is 1. The summed E-state index contributed by atoms with van der Waals surface area (Å²) in [6, 6.07) is 27.5. The molecular weight excluding hydrogens is 362 g/mol. The summed E-state index contributed by atoms with van der Waals surface area (Å²) in [6.07, 6.45) is 0. The minimum absolute atomic E-state index is 0.470. The van der Waals surface area contributed by atoms with Crippen molar-refractivity contribution in [3.8, 4) is 39.9 Å². The van der Waals surface area contributed by atoms with E-state index in [4.69, 9.17) is 14.1 Å². The van der Waals surface area contributed by atoms with Crippen LogP contribution < -0.4 is 4.74 Å². The molecule has 0 aliphatic rings. The van der Waals surface area contributed by atoms with E-state index in [2.05, 4.69) is 10.2 Å². The van der Waals surface area contributed by atoms with E-state index in [1.807, 2.05) is 84.9 Å². The van der Waals surface area contributed by atoms with E-state index in [1.54, 1.807) is 7.11 Å². The third-order valence-electron chi connectivity index (χ3n) is 4.78. The van der Waals surface area contributed by atoms with Crippen molar-refractivity contribution in [2.45, 2.75) is 0 Å². The largest absolute Gasteiger partial charge is 0.497 e. The van der Waals surface area contributed by atoms with Gasteiger partial charge in [-0.3, -0.25) is 0 Å². The molecule has 0 saturated heterocycles. The maximum absolute atomic E-state index is 6.02. The smallest absolute Gasteiger partial charge is 0.248 e. The molecule has 2 heterocycles. The summed E-state index contributed by atoms with van der Waals surface area (Å²) < 4.78 is 11.3. The summed E-state index contributed by atoms with van der Waals surface area (Å²) in [7, 11) is 1.65. The Morgan fingerprint density at radius 3 is 2.24 bits per heavy atom. The fourth-order valence-corrected chi connectivity index (χ4v) is 3.29. The molecule has 5 rings (SSSR count). The third kappa shape index (κ3) is 3.23. The summed E-state index contributed by atoms with van der Waals surface area (Å²) in [5, 5.41) is 9.52.